The van der Waals surface area contributed by atoms with E-state index < -0.39 is 0 Å². The van der Waals surface area contributed by atoms with Crippen LogP contribution in [0.15, 0.2) is 34.8 Å². The zero-order valence-corrected chi connectivity index (χ0v) is 16.4. The van der Waals surface area contributed by atoms with Crippen molar-refractivity contribution in [3.63, 3.8) is 0 Å². The molecule has 24 heavy (non-hydrogen) atoms. The van der Waals surface area contributed by atoms with Crippen molar-refractivity contribution < 1.29 is 9.53 Å². The molecule has 0 radical (unpaired) electrons. The molecule has 0 spiro atoms. The van der Waals surface area contributed by atoms with Crippen LogP contribution in [-0.2, 0) is 0 Å². The fraction of sp³-hybridized carbons (Fsp3) is 0.222. The molecular formula is C18H19BrN2O2S. The molecule has 0 fully saturated rings. The van der Waals surface area contributed by atoms with Gasteiger partial charge in [-0.3, -0.25) is 10.1 Å². The third-order valence-electron chi connectivity index (χ3n) is 3.56. The van der Waals surface area contributed by atoms with Gasteiger partial charge in [0.25, 0.3) is 5.91 Å². The van der Waals surface area contributed by atoms with Gasteiger partial charge in [0.2, 0.25) is 0 Å². The Labute approximate surface area is 155 Å². The van der Waals surface area contributed by atoms with E-state index in [0.717, 1.165) is 26.9 Å². The van der Waals surface area contributed by atoms with Crippen LogP contribution in [0.25, 0.3) is 0 Å². The molecule has 2 aromatic carbocycles. The molecule has 2 aromatic rings. The summed E-state index contributed by atoms with van der Waals surface area (Å²) in [5.41, 5.74) is 4.33. The average Bonchev–Trinajstić information content (AvgIpc) is 2.50. The average molecular weight is 407 g/mol. The Morgan fingerprint density at radius 3 is 2.50 bits per heavy atom. The van der Waals surface area contributed by atoms with Crippen molar-refractivity contribution in [1.29, 1.82) is 0 Å². The highest BCUT2D eigenvalue weighted by Gasteiger charge is 2.17. The lowest BCUT2D eigenvalue weighted by Gasteiger charge is -2.15. The number of anilines is 1. The van der Waals surface area contributed by atoms with Gasteiger partial charge in [-0.2, -0.15) is 0 Å². The molecule has 0 heterocycles. The van der Waals surface area contributed by atoms with Crippen LogP contribution in [0.1, 0.15) is 27.0 Å². The minimum absolute atomic E-state index is 0.244. The standard InChI is InChI=1S/C18H19BrN2O2S/c1-10-5-6-11(2)15(7-10)20-18(24)21-17(22)14-9-13(19)8-12(3)16(14)23-4/h5-9H,1-4H3,(H2,20,21,22,24). The highest BCUT2D eigenvalue weighted by Crippen LogP contribution is 2.27. The number of aryl methyl sites for hydroxylation is 3. The molecule has 0 aliphatic rings. The van der Waals surface area contributed by atoms with Crippen molar-refractivity contribution in [2.45, 2.75) is 20.8 Å². The van der Waals surface area contributed by atoms with Gasteiger partial charge in [-0.25, -0.2) is 0 Å². The first-order chi connectivity index (χ1) is 11.3. The van der Waals surface area contributed by atoms with Crippen molar-refractivity contribution in [3.05, 3.63) is 57.1 Å². The van der Waals surface area contributed by atoms with E-state index >= 15 is 0 Å². The van der Waals surface area contributed by atoms with Gasteiger partial charge in [-0.05, 0) is 67.9 Å². The van der Waals surface area contributed by atoms with Crippen LogP contribution in [0, 0.1) is 20.8 Å². The first-order valence-corrected chi connectivity index (χ1v) is 8.55. The maximum atomic E-state index is 12.5. The van der Waals surface area contributed by atoms with E-state index in [9.17, 15) is 4.79 Å². The summed E-state index contributed by atoms with van der Waals surface area (Å²) in [4.78, 5) is 12.5. The number of amides is 1. The molecule has 126 valence electrons. The molecule has 6 heteroatoms. The molecule has 0 saturated heterocycles. The molecule has 0 bridgehead atoms. The van der Waals surface area contributed by atoms with Crippen molar-refractivity contribution >= 4 is 44.9 Å². The Morgan fingerprint density at radius 2 is 1.83 bits per heavy atom. The fourth-order valence-corrected chi connectivity index (χ4v) is 3.14. The number of nitrogens with one attached hydrogen (secondary N) is 2. The quantitative estimate of drug-likeness (QED) is 0.736. The first-order valence-electron chi connectivity index (χ1n) is 7.35. The largest absolute Gasteiger partial charge is 0.496 e. The van der Waals surface area contributed by atoms with Crippen LogP contribution in [0.4, 0.5) is 5.69 Å². The smallest absolute Gasteiger partial charge is 0.261 e. The van der Waals surface area contributed by atoms with Gasteiger partial charge in [-0.1, -0.05) is 28.1 Å². The lowest BCUT2D eigenvalue weighted by Crippen LogP contribution is -2.34. The lowest BCUT2D eigenvalue weighted by molar-refractivity contribution is 0.0974. The van der Waals surface area contributed by atoms with Crippen LogP contribution in [0.2, 0.25) is 0 Å². The summed E-state index contributed by atoms with van der Waals surface area (Å²) in [7, 11) is 1.54. The van der Waals surface area contributed by atoms with E-state index in [1.807, 2.05) is 45.0 Å². The van der Waals surface area contributed by atoms with Gasteiger partial charge in [-0.15, -0.1) is 0 Å². The number of benzene rings is 2. The second-order valence-electron chi connectivity index (χ2n) is 5.53. The molecule has 4 nitrogen and oxygen atoms in total. The Kier molecular flexibility index (Phi) is 5.96. The van der Waals surface area contributed by atoms with E-state index in [1.54, 1.807) is 13.2 Å². The zero-order valence-electron chi connectivity index (χ0n) is 14.0. The minimum Gasteiger partial charge on any atom is -0.496 e. The molecule has 0 aliphatic heterocycles. The van der Waals surface area contributed by atoms with E-state index in [-0.39, 0.29) is 11.0 Å². The Morgan fingerprint density at radius 1 is 1.12 bits per heavy atom. The van der Waals surface area contributed by atoms with E-state index in [1.165, 1.54) is 0 Å². The number of methoxy groups -OCH3 is 1. The van der Waals surface area contributed by atoms with Crippen LogP contribution in [0.5, 0.6) is 5.75 Å². The van der Waals surface area contributed by atoms with Crippen LogP contribution in [-0.4, -0.2) is 18.1 Å². The number of hydrogen-bond donors (Lipinski definition) is 2. The van der Waals surface area contributed by atoms with E-state index in [0.29, 0.717) is 11.3 Å². The summed E-state index contributed by atoms with van der Waals surface area (Å²) < 4.78 is 6.15. The maximum absolute atomic E-state index is 12.5. The summed E-state index contributed by atoms with van der Waals surface area (Å²) in [6.45, 7) is 5.86. The van der Waals surface area contributed by atoms with Gasteiger partial charge < -0.3 is 10.1 Å². The van der Waals surface area contributed by atoms with Gasteiger partial charge in [0.1, 0.15) is 5.75 Å². The molecular weight excluding hydrogens is 388 g/mol. The normalized spacial score (nSPS) is 10.2. The SMILES string of the molecule is COc1c(C)cc(Br)cc1C(=O)NC(=S)Nc1cc(C)ccc1C. The highest BCUT2D eigenvalue weighted by molar-refractivity contribution is 9.10. The summed E-state index contributed by atoms with van der Waals surface area (Å²) in [6.07, 6.45) is 0. The summed E-state index contributed by atoms with van der Waals surface area (Å²) >= 11 is 8.66. The van der Waals surface area contributed by atoms with Crippen molar-refractivity contribution in [2.75, 3.05) is 12.4 Å². The lowest BCUT2D eigenvalue weighted by atomic mass is 10.1. The van der Waals surface area contributed by atoms with Gasteiger partial charge >= 0.3 is 0 Å². The van der Waals surface area contributed by atoms with Gasteiger partial charge in [0.05, 0.1) is 12.7 Å². The van der Waals surface area contributed by atoms with E-state index in [2.05, 4.69) is 26.6 Å². The molecule has 0 aromatic heterocycles. The molecule has 0 saturated carbocycles. The molecule has 0 unspecified atom stereocenters. The van der Waals surface area contributed by atoms with E-state index in [4.69, 9.17) is 17.0 Å². The predicted molar refractivity (Wildman–Crippen MR) is 105 cm³/mol. The predicted octanol–water partition coefficient (Wildman–Crippen LogP) is 4.51. The molecule has 0 aliphatic carbocycles. The number of hydrogen-bond acceptors (Lipinski definition) is 3. The number of ether oxygens (including phenoxy) is 1. The number of halogens is 1. The van der Waals surface area contributed by atoms with Crippen molar-refractivity contribution in [1.82, 2.24) is 5.32 Å². The number of rotatable bonds is 3. The Hall–Kier alpha value is -1.92. The molecule has 2 rings (SSSR count). The second-order valence-corrected chi connectivity index (χ2v) is 6.85. The molecule has 0 atom stereocenters. The second kappa shape index (κ2) is 7.77. The zero-order chi connectivity index (χ0) is 17.9. The third-order valence-corrected chi connectivity index (χ3v) is 4.22. The fourth-order valence-electron chi connectivity index (χ4n) is 2.36. The summed E-state index contributed by atoms with van der Waals surface area (Å²) in [6, 6.07) is 9.61. The Bertz CT molecular complexity index is 806. The number of carbonyl (C=O) groups is 1. The highest BCUT2D eigenvalue weighted by atomic mass is 79.9. The molecule has 2 N–H and O–H groups in total. The monoisotopic (exact) mass is 406 g/mol. The van der Waals surface area contributed by atoms with Crippen LogP contribution >= 0.6 is 28.1 Å². The van der Waals surface area contributed by atoms with Crippen molar-refractivity contribution in [2.24, 2.45) is 0 Å². The van der Waals surface area contributed by atoms with Gasteiger partial charge in [0.15, 0.2) is 5.11 Å². The first kappa shape index (κ1) is 18.4. The van der Waals surface area contributed by atoms with Crippen LogP contribution < -0.4 is 15.4 Å². The molecule has 1 amide bonds. The topological polar surface area (TPSA) is 50.4 Å². The summed E-state index contributed by atoms with van der Waals surface area (Å²) in [5, 5.41) is 6.01. The summed E-state index contributed by atoms with van der Waals surface area (Å²) in [5.74, 6) is 0.212. The maximum Gasteiger partial charge on any atom is 0.261 e. The Balaban J connectivity index is 2.18. The third kappa shape index (κ3) is 4.33. The number of thiocarbonyl (C=S) groups is 1. The minimum atomic E-state index is -0.320. The van der Waals surface area contributed by atoms with Crippen molar-refractivity contribution in [3.8, 4) is 5.75 Å². The van der Waals surface area contributed by atoms with Crippen LogP contribution in [0.3, 0.4) is 0 Å². The number of carbonyl (C=O) groups excluding carboxylic acids is 1. The van der Waals surface area contributed by atoms with Gasteiger partial charge in [0, 0.05) is 10.2 Å².